The summed E-state index contributed by atoms with van der Waals surface area (Å²) in [6, 6.07) is 0.943. The number of hydrogen-bond donors (Lipinski definition) is 3. The van der Waals surface area contributed by atoms with E-state index in [0.29, 0.717) is 44.1 Å². The molecular formula is C14H19F3N6O. The maximum Gasteiger partial charge on any atom is 0.435 e. The number of nitrogens with zero attached hydrogens (tertiary/aromatic N) is 3. The lowest BCUT2D eigenvalue weighted by Crippen LogP contribution is -2.54. The molecule has 0 atom stereocenters. The highest BCUT2D eigenvalue weighted by Crippen LogP contribution is 2.28. The second kappa shape index (κ2) is 5.67. The lowest BCUT2D eigenvalue weighted by atomic mass is 9.88. The summed E-state index contributed by atoms with van der Waals surface area (Å²) < 4.78 is 39.1. The lowest BCUT2D eigenvalue weighted by molar-refractivity contribution is -0.142. The van der Waals surface area contributed by atoms with E-state index in [2.05, 4.69) is 15.7 Å². The molecule has 132 valence electrons. The van der Waals surface area contributed by atoms with Crippen LogP contribution in [0.3, 0.4) is 0 Å². The number of carbonyl (C=O) groups is 1. The first kappa shape index (κ1) is 16.6. The summed E-state index contributed by atoms with van der Waals surface area (Å²) in [5, 5.41) is 17.1. The van der Waals surface area contributed by atoms with Crippen LogP contribution in [0.4, 0.5) is 13.2 Å². The van der Waals surface area contributed by atoms with Gasteiger partial charge in [-0.3, -0.25) is 14.9 Å². The van der Waals surface area contributed by atoms with Crippen molar-refractivity contribution in [2.75, 3.05) is 19.6 Å². The zero-order valence-corrected chi connectivity index (χ0v) is 13.2. The van der Waals surface area contributed by atoms with Gasteiger partial charge >= 0.3 is 6.18 Å². The van der Waals surface area contributed by atoms with Gasteiger partial charge in [-0.25, -0.2) is 0 Å². The molecule has 3 heterocycles. The maximum absolute atomic E-state index is 12.7. The summed E-state index contributed by atoms with van der Waals surface area (Å²) in [4.78, 5) is 14.0. The van der Waals surface area contributed by atoms with Crippen molar-refractivity contribution < 1.29 is 18.0 Å². The summed E-state index contributed by atoms with van der Waals surface area (Å²) in [6.45, 7) is 2.97. The number of carbonyl (C=O) groups excluding carboxylic acids is 1. The summed E-state index contributed by atoms with van der Waals surface area (Å²) in [5.41, 5.74) is -0.872. The summed E-state index contributed by atoms with van der Waals surface area (Å²) in [6.07, 6.45) is -3.12. The number of piperidine rings is 1. The van der Waals surface area contributed by atoms with E-state index in [1.165, 1.54) is 6.92 Å². The lowest BCUT2D eigenvalue weighted by Gasteiger charge is -2.38. The van der Waals surface area contributed by atoms with Crippen LogP contribution in [-0.2, 0) is 17.5 Å². The van der Waals surface area contributed by atoms with Crippen LogP contribution in [0.15, 0.2) is 6.07 Å². The second-order valence-electron chi connectivity index (χ2n) is 6.34. The minimum Gasteiger partial charge on any atom is -0.354 e. The van der Waals surface area contributed by atoms with Crippen molar-refractivity contribution in [2.45, 2.75) is 38.0 Å². The molecule has 1 spiro atoms. The van der Waals surface area contributed by atoms with E-state index in [1.807, 2.05) is 0 Å². The predicted octanol–water partition coefficient (Wildman–Crippen LogP) is 0.699. The number of halogens is 3. The summed E-state index contributed by atoms with van der Waals surface area (Å²) in [7, 11) is 0. The van der Waals surface area contributed by atoms with E-state index < -0.39 is 11.9 Å². The Hall–Kier alpha value is -2.26. The van der Waals surface area contributed by atoms with Crippen LogP contribution < -0.4 is 10.6 Å². The number of hydrogen-bond acceptors (Lipinski definition) is 3. The fourth-order valence-corrected chi connectivity index (χ4v) is 3.13. The van der Waals surface area contributed by atoms with Gasteiger partial charge in [0.25, 0.3) is 0 Å². The van der Waals surface area contributed by atoms with Gasteiger partial charge in [0, 0.05) is 25.3 Å². The molecule has 2 aliphatic heterocycles. The minimum atomic E-state index is -4.51. The highest BCUT2D eigenvalue weighted by molar-refractivity contribution is 5.80. The molecule has 3 rings (SSSR count). The number of alkyl halides is 3. The van der Waals surface area contributed by atoms with Gasteiger partial charge < -0.3 is 15.5 Å². The molecule has 2 aliphatic rings. The molecule has 0 aliphatic carbocycles. The monoisotopic (exact) mass is 344 g/mol. The van der Waals surface area contributed by atoms with Crippen molar-refractivity contribution in [3.8, 4) is 0 Å². The third kappa shape index (κ3) is 3.17. The SMILES string of the molecule is Cc1cc(C(F)(F)F)nn1CC(=O)N1CCC2(CC1)CNC(=N)N2. The van der Waals surface area contributed by atoms with Gasteiger partial charge in [-0.1, -0.05) is 0 Å². The van der Waals surface area contributed by atoms with Crippen LogP contribution in [0.25, 0.3) is 0 Å². The first-order valence-corrected chi connectivity index (χ1v) is 7.69. The van der Waals surface area contributed by atoms with E-state index in [0.717, 1.165) is 10.7 Å². The molecule has 2 fully saturated rings. The van der Waals surface area contributed by atoms with E-state index in [9.17, 15) is 18.0 Å². The average Bonchev–Trinajstić information content (AvgIpc) is 3.04. The normalized spacial score (nSPS) is 20.2. The van der Waals surface area contributed by atoms with Crippen LogP contribution in [0.1, 0.15) is 24.2 Å². The fourth-order valence-electron chi connectivity index (χ4n) is 3.13. The Morgan fingerprint density at radius 1 is 1.42 bits per heavy atom. The number of rotatable bonds is 2. The molecule has 1 amide bonds. The number of aromatic nitrogens is 2. The van der Waals surface area contributed by atoms with Gasteiger partial charge in [0.15, 0.2) is 11.7 Å². The molecule has 0 radical (unpaired) electrons. The zero-order valence-electron chi connectivity index (χ0n) is 13.2. The van der Waals surface area contributed by atoms with Crippen LogP contribution in [-0.4, -0.2) is 51.7 Å². The molecule has 2 saturated heterocycles. The molecule has 0 bridgehead atoms. The third-order valence-electron chi connectivity index (χ3n) is 4.62. The minimum absolute atomic E-state index is 0.196. The van der Waals surface area contributed by atoms with Gasteiger partial charge in [0.2, 0.25) is 5.91 Å². The predicted molar refractivity (Wildman–Crippen MR) is 79.4 cm³/mol. The van der Waals surface area contributed by atoms with Crippen molar-refractivity contribution >= 4 is 11.9 Å². The molecule has 3 N–H and O–H groups in total. The number of likely N-dealkylation sites (tertiary alicyclic amines) is 1. The number of amides is 1. The molecule has 0 saturated carbocycles. The van der Waals surface area contributed by atoms with E-state index >= 15 is 0 Å². The molecule has 24 heavy (non-hydrogen) atoms. The fraction of sp³-hybridized carbons (Fsp3) is 0.643. The standard InChI is InChI=1S/C14H19F3N6O/c1-9-6-10(14(15,16)17)21-23(9)7-11(24)22-4-2-13(3-5-22)8-19-12(18)20-13/h6H,2-5,7-8H2,1H3,(H3,18,19,20). The van der Waals surface area contributed by atoms with Gasteiger partial charge in [-0.15, -0.1) is 0 Å². The molecule has 1 aromatic heterocycles. The van der Waals surface area contributed by atoms with Gasteiger partial charge in [-0.2, -0.15) is 18.3 Å². The second-order valence-corrected chi connectivity index (χ2v) is 6.34. The highest BCUT2D eigenvalue weighted by atomic mass is 19.4. The Morgan fingerprint density at radius 3 is 2.58 bits per heavy atom. The van der Waals surface area contributed by atoms with Crippen molar-refractivity contribution in [1.29, 1.82) is 5.41 Å². The van der Waals surface area contributed by atoms with Crippen molar-refractivity contribution in [2.24, 2.45) is 0 Å². The Balaban J connectivity index is 1.60. The number of guanidine groups is 1. The molecule has 1 aromatic rings. The molecule has 7 nitrogen and oxygen atoms in total. The first-order chi connectivity index (χ1) is 11.2. The van der Waals surface area contributed by atoms with E-state index in [-0.39, 0.29) is 18.0 Å². The molecule has 0 unspecified atom stereocenters. The number of nitrogens with one attached hydrogen (secondary N) is 3. The van der Waals surface area contributed by atoms with E-state index in [4.69, 9.17) is 5.41 Å². The molecule has 0 aromatic carbocycles. The van der Waals surface area contributed by atoms with Crippen LogP contribution in [0.2, 0.25) is 0 Å². The summed E-state index contributed by atoms with van der Waals surface area (Å²) in [5.74, 6) is 0.0485. The largest absolute Gasteiger partial charge is 0.435 e. The van der Waals surface area contributed by atoms with Crippen molar-refractivity contribution in [1.82, 2.24) is 25.3 Å². The van der Waals surface area contributed by atoms with Crippen LogP contribution in [0.5, 0.6) is 0 Å². The van der Waals surface area contributed by atoms with Gasteiger partial charge in [-0.05, 0) is 25.8 Å². The van der Waals surface area contributed by atoms with Crippen LogP contribution >= 0.6 is 0 Å². The summed E-state index contributed by atoms with van der Waals surface area (Å²) >= 11 is 0. The first-order valence-electron chi connectivity index (χ1n) is 7.69. The Bertz CT molecular complexity index is 660. The van der Waals surface area contributed by atoms with Crippen LogP contribution in [0, 0.1) is 12.3 Å². The highest BCUT2D eigenvalue weighted by Gasteiger charge is 2.40. The molecular weight excluding hydrogens is 325 g/mol. The quantitative estimate of drug-likeness (QED) is 0.737. The Morgan fingerprint density at radius 2 is 2.08 bits per heavy atom. The number of aryl methyl sites for hydroxylation is 1. The molecule has 10 heteroatoms. The Labute approximate surface area is 136 Å². The Kier molecular flexibility index (Phi) is 3.92. The maximum atomic E-state index is 12.7. The van der Waals surface area contributed by atoms with Gasteiger partial charge in [0.05, 0.1) is 5.54 Å². The topological polar surface area (TPSA) is 86.0 Å². The zero-order chi connectivity index (χ0) is 17.5. The smallest absolute Gasteiger partial charge is 0.354 e. The average molecular weight is 344 g/mol. The van der Waals surface area contributed by atoms with Crippen molar-refractivity contribution in [3.63, 3.8) is 0 Å². The van der Waals surface area contributed by atoms with Gasteiger partial charge in [0.1, 0.15) is 6.54 Å². The van der Waals surface area contributed by atoms with Crippen molar-refractivity contribution in [3.05, 3.63) is 17.5 Å². The van der Waals surface area contributed by atoms with E-state index in [1.54, 1.807) is 4.90 Å². The third-order valence-corrected chi connectivity index (χ3v) is 4.62.